The molecule has 1 heterocycles. The molecule has 1 aromatic heterocycles. The Balaban J connectivity index is 2.79. The Hall–Kier alpha value is -1.41. The summed E-state index contributed by atoms with van der Waals surface area (Å²) in [6.07, 6.45) is 3.10. The van der Waals surface area contributed by atoms with Crippen molar-refractivity contribution in [3.05, 3.63) is 24.4 Å². The van der Waals surface area contributed by atoms with Crippen LogP contribution >= 0.6 is 0 Å². The lowest BCUT2D eigenvalue weighted by molar-refractivity contribution is 0.677. The fourth-order valence-corrected chi connectivity index (χ4v) is 1.10. The van der Waals surface area contributed by atoms with E-state index in [4.69, 9.17) is 5.26 Å². The topological polar surface area (TPSA) is 65.8 Å². The molecule has 0 fully saturated rings. The minimum atomic E-state index is -1.51. The normalized spacial score (nSPS) is 11.5. The fraction of sp³-hybridized carbons (Fsp3) is 0. The Morgan fingerprint density at radius 3 is 3.00 bits per heavy atom. The van der Waals surface area contributed by atoms with Crippen molar-refractivity contribution in [3.8, 4) is 6.19 Å². The van der Waals surface area contributed by atoms with Crippen LogP contribution in [0.25, 0.3) is 0 Å². The lowest BCUT2D eigenvalue weighted by Gasteiger charge is -1.94. The highest BCUT2D eigenvalue weighted by Crippen LogP contribution is 1.96. The molecule has 0 radical (unpaired) electrons. The van der Waals surface area contributed by atoms with Crippen molar-refractivity contribution in [3.63, 3.8) is 0 Å². The van der Waals surface area contributed by atoms with Gasteiger partial charge in [0.05, 0.1) is 0 Å². The van der Waals surface area contributed by atoms with Crippen LogP contribution in [0.2, 0.25) is 0 Å². The number of aromatic nitrogens is 1. The van der Waals surface area contributed by atoms with E-state index < -0.39 is 11.0 Å². The van der Waals surface area contributed by atoms with E-state index in [0.29, 0.717) is 5.03 Å². The molecule has 1 N–H and O–H groups in total. The first-order chi connectivity index (χ1) is 5.34. The largest absolute Gasteiger partial charge is 0.245 e. The van der Waals surface area contributed by atoms with Crippen molar-refractivity contribution in [2.24, 2.45) is 0 Å². The molecule has 4 nitrogen and oxygen atoms in total. The van der Waals surface area contributed by atoms with Gasteiger partial charge in [0.1, 0.15) is 5.03 Å². The van der Waals surface area contributed by atoms with E-state index in [1.807, 2.05) is 0 Å². The molecule has 0 aliphatic rings. The predicted octanol–water partition coefficient (Wildman–Crippen LogP) is 0.175. The first-order valence-corrected chi connectivity index (χ1v) is 3.97. The van der Waals surface area contributed by atoms with E-state index >= 15 is 0 Å². The van der Waals surface area contributed by atoms with Gasteiger partial charge in [-0.25, -0.2) is 13.9 Å². The van der Waals surface area contributed by atoms with Gasteiger partial charge in [-0.3, -0.25) is 0 Å². The molecular weight excluding hydrogens is 162 g/mol. The zero-order valence-corrected chi connectivity index (χ0v) is 6.34. The van der Waals surface area contributed by atoms with E-state index in [9.17, 15) is 4.21 Å². The summed E-state index contributed by atoms with van der Waals surface area (Å²) in [5.74, 6) is 0. The van der Waals surface area contributed by atoms with Gasteiger partial charge in [0.2, 0.25) is 0 Å². The Kier molecular flexibility index (Phi) is 2.58. The molecule has 0 spiro atoms. The molecule has 1 rings (SSSR count). The van der Waals surface area contributed by atoms with Crippen LogP contribution in [-0.4, -0.2) is 9.19 Å². The van der Waals surface area contributed by atoms with E-state index in [2.05, 4.69) is 9.71 Å². The van der Waals surface area contributed by atoms with Crippen molar-refractivity contribution < 1.29 is 4.21 Å². The molecule has 0 amide bonds. The highest BCUT2D eigenvalue weighted by molar-refractivity contribution is 7.83. The molecule has 0 bridgehead atoms. The second-order valence-electron chi connectivity index (χ2n) is 1.65. The van der Waals surface area contributed by atoms with Crippen LogP contribution in [-0.2, 0) is 11.0 Å². The summed E-state index contributed by atoms with van der Waals surface area (Å²) in [6, 6.07) is 5.01. The summed E-state index contributed by atoms with van der Waals surface area (Å²) < 4.78 is 13.0. The average molecular weight is 167 g/mol. The van der Waals surface area contributed by atoms with Gasteiger partial charge in [0.25, 0.3) is 0 Å². The van der Waals surface area contributed by atoms with Crippen molar-refractivity contribution in [2.75, 3.05) is 0 Å². The maximum absolute atomic E-state index is 11.0. The molecular formula is C6H5N3OS. The van der Waals surface area contributed by atoms with Gasteiger partial charge in [0, 0.05) is 6.20 Å². The number of hydrogen-bond acceptors (Lipinski definition) is 3. The van der Waals surface area contributed by atoms with Crippen molar-refractivity contribution >= 4 is 11.0 Å². The van der Waals surface area contributed by atoms with Crippen molar-refractivity contribution in [1.29, 1.82) is 5.26 Å². The molecule has 11 heavy (non-hydrogen) atoms. The average Bonchev–Trinajstić information content (AvgIpc) is 2.07. The van der Waals surface area contributed by atoms with Crippen LogP contribution in [0.4, 0.5) is 0 Å². The monoisotopic (exact) mass is 167 g/mol. The van der Waals surface area contributed by atoms with Gasteiger partial charge in [-0.1, -0.05) is 6.07 Å². The maximum Gasteiger partial charge on any atom is 0.189 e. The quantitative estimate of drug-likeness (QED) is 0.504. The van der Waals surface area contributed by atoms with Crippen LogP contribution in [0, 0.1) is 11.5 Å². The third-order valence-corrected chi connectivity index (χ3v) is 1.86. The second kappa shape index (κ2) is 3.68. The predicted molar refractivity (Wildman–Crippen MR) is 39.4 cm³/mol. The molecule has 0 aliphatic carbocycles. The molecule has 0 saturated heterocycles. The smallest absolute Gasteiger partial charge is 0.189 e. The van der Waals surface area contributed by atoms with Crippen molar-refractivity contribution in [2.45, 2.75) is 5.03 Å². The molecule has 5 heteroatoms. The lowest BCUT2D eigenvalue weighted by atomic mass is 10.5. The number of pyridine rings is 1. The zero-order valence-electron chi connectivity index (χ0n) is 5.52. The minimum Gasteiger partial charge on any atom is -0.245 e. The van der Waals surface area contributed by atoms with E-state index in [-0.39, 0.29) is 0 Å². The third-order valence-electron chi connectivity index (χ3n) is 0.966. The van der Waals surface area contributed by atoms with Gasteiger partial charge in [-0.15, -0.1) is 0 Å². The van der Waals surface area contributed by atoms with Crippen LogP contribution in [0.15, 0.2) is 29.4 Å². The summed E-state index contributed by atoms with van der Waals surface area (Å²) in [6.45, 7) is 0. The lowest BCUT2D eigenvalue weighted by Crippen LogP contribution is -2.10. The number of nitrogens with zero attached hydrogens (tertiary/aromatic N) is 2. The second-order valence-corrected chi connectivity index (χ2v) is 2.81. The van der Waals surface area contributed by atoms with E-state index in [1.54, 1.807) is 24.4 Å². The van der Waals surface area contributed by atoms with Crippen molar-refractivity contribution in [1.82, 2.24) is 9.71 Å². The maximum atomic E-state index is 11.0. The molecule has 1 atom stereocenters. The molecule has 0 aromatic carbocycles. The van der Waals surface area contributed by atoms with E-state index in [1.165, 1.54) is 6.20 Å². The standard InChI is InChI=1S/C6H5N3OS/c7-5-9-11(10)6-3-1-2-4-8-6/h1-4,9H. The van der Waals surface area contributed by atoms with Gasteiger partial charge in [-0.05, 0) is 12.1 Å². The van der Waals surface area contributed by atoms with Crippen LogP contribution < -0.4 is 4.72 Å². The summed E-state index contributed by atoms with van der Waals surface area (Å²) in [7, 11) is -1.51. The molecule has 1 aromatic rings. The number of rotatable bonds is 2. The summed E-state index contributed by atoms with van der Waals surface area (Å²) in [5.41, 5.74) is 0. The SMILES string of the molecule is N#CNS(=O)c1ccccn1. The Morgan fingerprint density at radius 1 is 1.64 bits per heavy atom. The third kappa shape index (κ3) is 2.02. The zero-order chi connectivity index (χ0) is 8.10. The first kappa shape index (κ1) is 7.69. The van der Waals surface area contributed by atoms with Gasteiger partial charge in [-0.2, -0.15) is 5.26 Å². The van der Waals surface area contributed by atoms with Gasteiger partial charge >= 0.3 is 0 Å². The summed E-state index contributed by atoms with van der Waals surface area (Å²) >= 11 is 0. The van der Waals surface area contributed by atoms with E-state index in [0.717, 1.165) is 0 Å². The van der Waals surface area contributed by atoms with Gasteiger partial charge in [0.15, 0.2) is 17.2 Å². The number of nitriles is 1. The van der Waals surface area contributed by atoms with Crippen LogP contribution in [0.1, 0.15) is 0 Å². The minimum absolute atomic E-state index is 0.356. The number of nitrogens with one attached hydrogen (secondary N) is 1. The Bertz CT molecular complexity index is 292. The fourth-order valence-electron chi connectivity index (χ4n) is 0.550. The molecule has 0 aliphatic heterocycles. The van der Waals surface area contributed by atoms with Crippen LogP contribution in [0.3, 0.4) is 0 Å². The van der Waals surface area contributed by atoms with Gasteiger partial charge < -0.3 is 0 Å². The Morgan fingerprint density at radius 2 is 2.45 bits per heavy atom. The highest BCUT2D eigenvalue weighted by atomic mass is 32.2. The molecule has 56 valence electrons. The molecule has 1 unspecified atom stereocenters. The summed E-state index contributed by atoms with van der Waals surface area (Å²) in [4.78, 5) is 3.78. The van der Waals surface area contributed by atoms with Crippen LogP contribution in [0.5, 0.6) is 0 Å². The first-order valence-electron chi connectivity index (χ1n) is 2.82. The molecule has 0 saturated carbocycles. The summed E-state index contributed by atoms with van der Waals surface area (Å²) in [5, 5.41) is 8.47. The Labute approximate surface area is 66.5 Å². The number of hydrogen-bond donors (Lipinski definition) is 1. The highest BCUT2D eigenvalue weighted by Gasteiger charge is 2.00.